The van der Waals surface area contributed by atoms with Crippen LogP contribution >= 0.6 is 0 Å². The Balaban J connectivity index is 2.10. The van der Waals surface area contributed by atoms with Crippen molar-refractivity contribution < 1.29 is 19.4 Å². The van der Waals surface area contributed by atoms with Crippen LogP contribution < -0.4 is 4.74 Å². The molecule has 1 amide bonds. The number of likely N-dealkylation sites (N-methyl/N-ethyl adjacent to an activating group) is 1. The molecular formula is C24H28N2O4. The van der Waals surface area contributed by atoms with Crippen LogP contribution in [0.4, 0.5) is 0 Å². The van der Waals surface area contributed by atoms with Crippen LogP contribution in [0.25, 0.3) is 5.76 Å². The van der Waals surface area contributed by atoms with Gasteiger partial charge in [-0.2, -0.15) is 0 Å². The van der Waals surface area contributed by atoms with Crippen molar-refractivity contribution >= 4 is 17.4 Å². The van der Waals surface area contributed by atoms with Crippen molar-refractivity contribution in [1.29, 1.82) is 0 Å². The lowest BCUT2D eigenvalue weighted by Crippen LogP contribution is -2.35. The molecule has 1 aliphatic rings. The molecule has 0 aromatic heterocycles. The summed E-state index contributed by atoms with van der Waals surface area (Å²) in [6.07, 6.45) is 0. The van der Waals surface area contributed by atoms with Gasteiger partial charge in [-0.15, -0.1) is 0 Å². The van der Waals surface area contributed by atoms with E-state index in [-0.39, 0.29) is 11.3 Å². The quantitative estimate of drug-likeness (QED) is 0.432. The first-order valence-electron chi connectivity index (χ1n) is 10.1. The van der Waals surface area contributed by atoms with Crippen molar-refractivity contribution in [2.75, 3.05) is 33.8 Å². The average molecular weight is 408 g/mol. The van der Waals surface area contributed by atoms with E-state index < -0.39 is 17.7 Å². The predicted molar refractivity (Wildman–Crippen MR) is 116 cm³/mol. The highest BCUT2D eigenvalue weighted by Gasteiger charge is 2.45. The van der Waals surface area contributed by atoms with Crippen LogP contribution in [0.1, 0.15) is 29.7 Å². The third kappa shape index (κ3) is 4.24. The van der Waals surface area contributed by atoms with Crippen molar-refractivity contribution in [3.8, 4) is 5.75 Å². The van der Waals surface area contributed by atoms with Crippen molar-refractivity contribution in [3.05, 3.63) is 70.8 Å². The van der Waals surface area contributed by atoms with Crippen LogP contribution in [0.2, 0.25) is 0 Å². The van der Waals surface area contributed by atoms with Gasteiger partial charge in [-0.25, -0.2) is 0 Å². The first-order valence-corrected chi connectivity index (χ1v) is 10.1. The Morgan fingerprint density at radius 3 is 2.43 bits per heavy atom. The third-order valence-corrected chi connectivity index (χ3v) is 5.19. The van der Waals surface area contributed by atoms with Gasteiger partial charge in [0, 0.05) is 18.7 Å². The molecule has 0 radical (unpaired) electrons. The molecule has 6 heteroatoms. The second kappa shape index (κ2) is 9.13. The summed E-state index contributed by atoms with van der Waals surface area (Å²) in [5.74, 6) is -0.692. The van der Waals surface area contributed by atoms with Gasteiger partial charge in [-0.05, 0) is 57.3 Å². The number of ketones is 1. The molecule has 2 aromatic rings. The highest BCUT2D eigenvalue weighted by atomic mass is 16.5. The van der Waals surface area contributed by atoms with Gasteiger partial charge in [0.1, 0.15) is 11.5 Å². The fourth-order valence-electron chi connectivity index (χ4n) is 3.67. The number of nitrogens with zero attached hydrogens (tertiary/aromatic N) is 2. The first kappa shape index (κ1) is 21.6. The first-order chi connectivity index (χ1) is 14.3. The minimum absolute atomic E-state index is 0.119. The zero-order valence-corrected chi connectivity index (χ0v) is 17.9. The summed E-state index contributed by atoms with van der Waals surface area (Å²) in [6.45, 7) is 5.32. The van der Waals surface area contributed by atoms with Crippen LogP contribution in [0.15, 0.2) is 54.1 Å². The molecule has 1 unspecified atom stereocenters. The molecule has 0 spiro atoms. The Morgan fingerprint density at radius 1 is 1.13 bits per heavy atom. The lowest BCUT2D eigenvalue weighted by atomic mass is 9.95. The van der Waals surface area contributed by atoms with Crippen LogP contribution in [-0.4, -0.2) is 60.4 Å². The van der Waals surface area contributed by atoms with Gasteiger partial charge in [-0.3, -0.25) is 9.59 Å². The van der Waals surface area contributed by atoms with Gasteiger partial charge in [-0.1, -0.05) is 30.3 Å². The number of aliphatic hydroxyl groups is 1. The standard InChI is InChI=1S/C24H28N2O4/c1-5-30-19-12-11-18(15-16(19)2)22(27)20-21(17-9-7-6-8-10-17)26(14-13-25(3)4)24(29)23(20)28/h6-12,15,21,27H,5,13-14H2,1-4H3/b22-20+. The maximum Gasteiger partial charge on any atom is 0.295 e. The number of hydrogen-bond acceptors (Lipinski definition) is 5. The number of aryl methyl sites for hydroxylation is 1. The zero-order chi connectivity index (χ0) is 21.8. The number of hydrogen-bond donors (Lipinski definition) is 1. The van der Waals surface area contributed by atoms with Crippen molar-refractivity contribution in [3.63, 3.8) is 0 Å². The van der Waals surface area contributed by atoms with E-state index in [1.54, 1.807) is 23.1 Å². The number of ether oxygens (including phenoxy) is 1. The molecule has 1 atom stereocenters. The van der Waals surface area contributed by atoms with Crippen LogP contribution in [0.5, 0.6) is 5.75 Å². The number of Topliss-reactive ketones (excluding diaryl/α,β-unsaturated/α-hetero) is 1. The number of likely N-dealkylation sites (tertiary alicyclic amines) is 1. The predicted octanol–water partition coefficient (Wildman–Crippen LogP) is 3.38. The van der Waals surface area contributed by atoms with Crippen LogP contribution in [-0.2, 0) is 9.59 Å². The Bertz CT molecular complexity index is 966. The molecule has 3 rings (SSSR count). The number of rotatable bonds is 7. The van der Waals surface area contributed by atoms with Gasteiger partial charge in [0.25, 0.3) is 11.7 Å². The second-order valence-electron chi connectivity index (χ2n) is 7.62. The van der Waals surface area contributed by atoms with Crippen molar-refractivity contribution in [1.82, 2.24) is 9.80 Å². The van der Waals surface area contributed by atoms with E-state index in [0.717, 1.165) is 16.9 Å². The van der Waals surface area contributed by atoms with Crippen LogP contribution in [0.3, 0.4) is 0 Å². The minimum atomic E-state index is -0.661. The van der Waals surface area contributed by atoms with E-state index in [9.17, 15) is 14.7 Å². The monoisotopic (exact) mass is 408 g/mol. The largest absolute Gasteiger partial charge is 0.507 e. The number of amides is 1. The molecule has 0 bridgehead atoms. The Kier molecular flexibility index (Phi) is 6.57. The van der Waals surface area contributed by atoms with Crippen molar-refractivity contribution in [2.45, 2.75) is 19.9 Å². The Labute approximate surface area is 177 Å². The molecule has 0 aliphatic carbocycles. The second-order valence-corrected chi connectivity index (χ2v) is 7.62. The summed E-state index contributed by atoms with van der Waals surface area (Å²) >= 11 is 0. The molecule has 1 aliphatic heterocycles. The van der Waals surface area contributed by atoms with Crippen LogP contribution in [0, 0.1) is 6.92 Å². The summed E-state index contributed by atoms with van der Waals surface area (Å²) < 4.78 is 5.57. The molecular weight excluding hydrogens is 380 g/mol. The summed E-state index contributed by atoms with van der Waals surface area (Å²) in [4.78, 5) is 29.3. The number of carbonyl (C=O) groups is 2. The van der Waals surface area contributed by atoms with E-state index in [4.69, 9.17) is 4.74 Å². The molecule has 0 saturated carbocycles. The van der Waals surface area contributed by atoms with E-state index in [2.05, 4.69) is 0 Å². The maximum atomic E-state index is 13.0. The van der Waals surface area contributed by atoms with E-state index in [1.165, 1.54) is 0 Å². The molecule has 30 heavy (non-hydrogen) atoms. The number of carbonyl (C=O) groups excluding carboxylic acids is 2. The lowest BCUT2D eigenvalue weighted by molar-refractivity contribution is -0.140. The van der Waals surface area contributed by atoms with Crippen molar-refractivity contribution in [2.24, 2.45) is 0 Å². The zero-order valence-electron chi connectivity index (χ0n) is 17.9. The fraction of sp³-hybridized carbons (Fsp3) is 0.333. The SMILES string of the molecule is CCOc1ccc(/C(O)=C2\C(=O)C(=O)N(CCN(C)C)C2c2ccccc2)cc1C. The molecule has 6 nitrogen and oxygen atoms in total. The van der Waals surface area contributed by atoms with Gasteiger partial charge >= 0.3 is 0 Å². The molecule has 158 valence electrons. The number of benzene rings is 2. The van der Waals surface area contributed by atoms with Gasteiger partial charge in [0.05, 0.1) is 18.2 Å². The van der Waals surface area contributed by atoms with Gasteiger partial charge in [0.15, 0.2) is 0 Å². The molecule has 2 aromatic carbocycles. The Hall–Kier alpha value is -3.12. The van der Waals surface area contributed by atoms with E-state index in [0.29, 0.717) is 25.3 Å². The minimum Gasteiger partial charge on any atom is -0.507 e. The molecule has 1 N–H and O–H groups in total. The maximum absolute atomic E-state index is 13.0. The molecule has 1 heterocycles. The third-order valence-electron chi connectivity index (χ3n) is 5.19. The van der Waals surface area contributed by atoms with Gasteiger partial charge in [0.2, 0.25) is 0 Å². The lowest BCUT2D eigenvalue weighted by Gasteiger charge is -2.26. The van der Waals surface area contributed by atoms with Gasteiger partial charge < -0.3 is 19.6 Å². The average Bonchev–Trinajstić information content (AvgIpc) is 2.98. The summed E-state index contributed by atoms with van der Waals surface area (Å²) in [6, 6.07) is 14.0. The summed E-state index contributed by atoms with van der Waals surface area (Å²) in [5.41, 5.74) is 2.25. The highest BCUT2D eigenvalue weighted by molar-refractivity contribution is 6.46. The topological polar surface area (TPSA) is 70.1 Å². The Morgan fingerprint density at radius 2 is 1.83 bits per heavy atom. The normalized spacial score (nSPS) is 18.3. The fourth-order valence-corrected chi connectivity index (χ4v) is 3.67. The molecule has 1 fully saturated rings. The highest BCUT2D eigenvalue weighted by Crippen LogP contribution is 2.39. The molecule has 1 saturated heterocycles. The van der Waals surface area contributed by atoms with E-state index in [1.807, 2.05) is 63.2 Å². The smallest absolute Gasteiger partial charge is 0.295 e. The number of aliphatic hydroxyl groups excluding tert-OH is 1. The summed E-state index contributed by atoms with van der Waals surface area (Å²) in [5, 5.41) is 11.1. The van der Waals surface area contributed by atoms with E-state index >= 15 is 0 Å². The summed E-state index contributed by atoms with van der Waals surface area (Å²) in [7, 11) is 3.83.